The molecule has 0 aliphatic carbocycles. The van der Waals surface area contributed by atoms with Gasteiger partial charge >= 0.3 is 103 Å². The summed E-state index contributed by atoms with van der Waals surface area (Å²) in [5.74, 6) is 0. The third kappa shape index (κ3) is 8.95. The predicted molar refractivity (Wildman–Crippen MR) is 24.3 cm³/mol. The Balaban J connectivity index is 0. The molecule has 0 aromatic carbocycles. The van der Waals surface area contributed by atoms with Crippen LogP contribution in [0.3, 0.4) is 0 Å². The minimum atomic E-state index is 0. The summed E-state index contributed by atoms with van der Waals surface area (Å²) in [6, 6.07) is 0. The van der Waals surface area contributed by atoms with Crippen LogP contribution >= 0.6 is 0 Å². The van der Waals surface area contributed by atoms with E-state index < -0.39 is 0 Å². The fraction of sp³-hybridized carbons (Fsp3) is 0. The molecule has 2 nitrogen and oxygen atoms in total. The maximum atomic E-state index is 0. The third-order valence-corrected chi connectivity index (χ3v) is 0. The van der Waals surface area contributed by atoms with Crippen LogP contribution in [0.15, 0.2) is 0 Å². The summed E-state index contributed by atoms with van der Waals surface area (Å²) in [6.07, 6.45) is 0. The van der Waals surface area contributed by atoms with Crippen molar-refractivity contribution in [3.63, 3.8) is 0 Å². The molecule has 0 bridgehead atoms. The van der Waals surface area contributed by atoms with Gasteiger partial charge in [0, 0.05) is 0 Å². The fourth-order valence-corrected chi connectivity index (χ4v) is 0. The van der Waals surface area contributed by atoms with Gasteiger partial charge in [-0.3, -0.25) is 0 Å². The van der Waals surface area contributed by atoms with E-state index in [2.05, 4.69) is 0 Å². The van der Waals surface area contributed by atoms with Crippen LogP contribution in [0.25, 0.3) is 0 Å². The molecule has 0 rings (SSSR count). The fourth-order valence-electron chi connectivity index (χ4n) is 0. The van der Waals surface area contributed by atoms with Gasteiger partial charge in [-0.25, -0.2) is 0 Å². The van der Waals surface area contributed by atoms with Crippen molar-refractivity contribution >= 4 is 103 Å². The minimum absolute atomic E-state index is 0. The zero-order chi connectivity index (χ0) is 0. The molecule has 0 aromatic rings. The second-order valence-electron chi connectivity index (χ2n) is 0. The Hall–Kier alpha value is 3.19. The van der Waals surface area contributed by atoms with Crippen molar-refractivity contribution in [2.75, 3.05) is 0 Å². The van der Waals surface area contributed by atoms with E-state index in [4.69, 9.17) is 0 Å². The van der Waals surface area contributed by atoms with Gasteiger partial charge in [0.15, 0.2) is 0 Å². The molecule has 0 aromatic heterocycles. The van der Waals surface area contributed by atoms with Gasteiger partial charge in [-0.2, -0.15) is 0 Å². The van der Waals surface area contributed by atoms with Crippen LogP contribution in [0.5, 0.6) is 0 Å². The molecule has 0 unspecified atom stereocenters. The Kier molecular flexibility index (Phi) is 111. The molecular formula is H8K2N2. The maximum absolute atomic E-state index is 0. The van der Waals surface area contributed by atoms with Gasteiger partial charge in [0.05, 0.1) is 0 Å². The van der Waals surface area contributed by atoms with Gasteiger partial charge in [-0.1, -0.05) is 0 Å². The van der Waals surface area contributed by atoms with Gasteiger partial charge in [-0.15, -0.1) is 0 Å². The second kappa shape index (κ2) is 16.4. The third-order valence-electron chi connectivity index (χ3n) is 0. The summed E-state index contributed by atoms with van der Waals surface area (Å²) in [5, 5.41) is 0. The molecular weight excluding hydrogens is 106 g/mol. The van der Waals surface area contributed by atoms with Crippen LogP contribution in [0.1, 0.15) is 0 Å². The summed E-state index contributed by atoms with van der Waals surface area (Å²) in [4.78, 5) is 0. The van der Waals surface area contributed by atoms with Crippen molar-refractivity contribution in [3.05, 3.63) is 0 Å². The quantitative estimate of drug-likeness (QED) is 0.398. The molecule has 4 heteroatoms. The molecule has 0 aliphatic rings. The van der Waals surface area contributed by atoms with Gasteiger partial charge in [0.2, 0.25) is 0 Å². The van der Waals surface area contributed by atoms with Crippen LogP contribution < -0.4 is 12.3 Å². The SMILES string of the molecule is N.N.[KH].[KH]. The predicted octanol–water partition coefficient (Wildman–Crippen LogP) is -0.973. The summed E-state index contributed by atoms with van der Waals surface area (Å²) in [7, 11) is 0. The summed E-state index contributed by atoms with van der Waals surface area (Å²) < 4.78 is 0. The van der Waals surface area contributed by atoms with Crippen molar-refractivity contribution in [2.45, 2.75) is 0 Å². The van der Waals surface area contributed by atoms with E-state index in [1.165, 1.54) is 0 Å². The topological polar surface area (TPSA) is 70.0 Å². The molecule has 0 heterocycles. The van der Waals surface area contributed by atoms with Crippen molar-refractivity contribution in [1.29, 1.82) is 0 Å². The van der Waals surface area contributed by atoms with Gasteiger partial charge < -0.3 is 12.3 Å². The molecule has 0 fully saturated rings. The Morgan fingerprint density at radius 2 is 0.500 bits per heavy atom. The second-order valence-corrected chi connectivity index (χ2v) is 0. The standard InChI is InChI=1S/2K.2H3N.2H/h;;2*1H3;;. The molecule has 0 amide bonds. The number of rotatable bonds is 0. The summed E-state index contributed by atoms with van der Waals surface area (Å²) in [5.41, 5.74) is 0. The Morgan fingerprint density at radius 1 is 0.500 bits per heavy atom. The van der Waals surface area contributed by atoms with Crippen molar-refractivity contribution in [3.8, 4) is 0 Å². The van der Waals surface area contributed by atoms with E-state index in [1.54, 1.807) is 0 Å². The van der Waals surface area contributed by atoms with E-state index >= 15 is 0 Å². The Morgan fingerprint density at radius 3 is 0.500 bits per heavy atom. The average Bonchev–Trinajstić information content (AvgIpc) is 0. The van der Waals surface area contributed by atoms with Crippen LogP contribution in [0.4, 0.5) is 0 Å². The van der Waals surface area contributed by atoms with E-state index in [0.717, 1.165) is 0 Å². The van der Waals surface area contributed by atoms with Crippen LogP contribution in [0.2, 0.25) is 0 Å². The van der Waals surface area contributed by atoms with Crippen molar-refractivity contribution in [2.24, 2.45) is 0 Å². The molecule has 0 saturated carbocycles. The molecule has 0 spiro atoms. The Bertz CT molecular complexity index is 4.00. The molecule has 4 heavy (non-hydrogen) atoms. The normalized spacial score (nSPS) is 0. The van der Waals surface area contributed by atoms with E-state index in [0.29, 0.717) is 0 Å². The van der Waals surface area contributed by atoms with Gasteiger partial charge in [0.1, 0.15) is 0 Å². The van der Waals surface area contributed by atoms with Crippen molar-refractivity contribution < 1.29 is 0 Å². The molecule has 20 valence electrons. The van der Waals surface area contributed by atoms with Crippen LogP contribution in [0, 0.1) is 0 Å². The number of hydrogen-bond donors (Lipinski definition) is 2. The average molecular weight is 114 g/mol. The summed E-state index contributed by atoms with van der Waals surface area (Å²) >= 11 is 0. The van der Waals surface area contributed by atoms with E-state index in [9.17, 15) is 0 Å². The van der Waals surface area contributed by atoms with Crippen LogP contribution in [-0.4, -0.2) is 103 Å². The summed E-state index contributed by atoms with van der Waals surface area (Å²) in [6.45, 7) is 0. The van der Waals surface area contributed by atoms with E-state index in [-0.39, 0.29) is 115 Å². The molecule has 0 atom stereocenters. The molecule has 6 N–H and O–H groups in total. The zero-order valence-corrected chi connectivity index (χ0v) is 1.41. The number of hydrogen-bond acceptors (Lipinski definition) is 2. The molecule has 0 aliphatic heterocycles. The van der Waals surface area contributed by atoms with Crippen LogP contribution in [-0.2, 0) is 0 Å². The first-order valence-electron chi connectivity index (χ1n) is 0. The van der Waals surface area contributed by atoms with E-state index in [1.807, 2.05) is 0 Å². The first-order valence-corrected chi connectivity index (χ1v) is 0. The van der Waals surface area contributed by atoms with Gasteiger partial charge in [0.25, 0.3) is 0 Å². The zero-order valence-electron chi connectivity index (χ0n) is 1.41. The first-order chi connectivity index (χ1) is 0. The molecule has 0 saturated heterocycles. The van der Waals surface area contributed by atoms with Gasteiger partial charge in [-0.05, 0) is 0 Å². The molecule has 0 radical (unpaired) electrons. The monoisotopic (exact) mass is 114 g/mol. The van der Waals surface area contributed by atoms with Crippen molar-refractivity contribution in [1.82, 2.24) is 12.3 Å². The Labute approximate surface area is 111 Å². The first kappa shape index (κ1) is 27.1.